The maximum atomic E-state index is 14.5. The monoisotopic (exact) mass is 760 g/mol. The molecule has 0 saturated heterocycles. The minimum atomic E-state index is -0.772. The predicted molar refractivity (Wildman–Crippen MR) is 213 cm³/mol. The second-order valence-corrected chi connectivity index (χ2v) is 15.3. The Labute approximate surface area is 324 Å². The Morgan fingerprint density at radius 3 is 2.33 bits per heavy atom. The summed E-state index contributed by atoms with van der Waals surface area (Å²) in [4.78, 5) is 59.1. The number of hydrogen-bond acceptors (Lipinski definition) is 9. The number of ether oxygens (including phenoxy) is 3. The number of methoxy groups -OCH3 is 1. The molecule has 1 atom stereocenters. The first-order valence-electron chi connectivity index (χ1n) is 17.9. The number of aryl methyl sites for hydroxylation is 2. The Morgan fingerprint density at radius 1 is 0.909 bits per heavy atom. The normalized spacial score (nSPS) is 12.6. The molecule has 5 aromatic rings. The summed E-state index contributed by atoms with van der Waals surface area (Å²) in [7, 11) is 1.24. The van der Waals surface area contributed by atoms with Crippen molar-refractivity contribution in [3.05, 3.63) is 123 Å². The van der Waals surface area contributed by atoms with Crippen molar-refractivity contribution in [3.63, 3.8) is 0 Å². The second-order valence-electron chi connectivity index (χ2n) is 14.4. The van der Waals surface area contributed by atoms with E-state index in [0.29, 0.717) is 35.6 Å². The van der Waals surface area contributed by atoms with Crippen molar-refractivity contribution in [2.75, 3.05) is 19.0 Å². The molecule has 3 N–H and O–H groups in total. The van der Waals surface area contributed by atoms with Crippen LogP contribution >= 0.6 is 11.3 Å². The van der Waals surface area contributed by atoms with Crippen LogP contribution in [0.5, 0.6) is 5.75 Å². The standard InChI is InChI=1S/C43H44N4O7S/c1-24-19-27(23-44-42(51)54-43(4,5)6)20-25(2)36(24)47-39(48)32-21-33-35(53-17-15-29-16-18-55-38(29)33)22-31(32)30-13-14-34(46-37(30)41(50)52-7)40(49)45-26(3)28-11-9-8-10-12-28/h8-14,16,18-22,26H,15,17,23H2,1-7H3,(H,44,51)(H,45,49)(H,47,48). The van der Waals surface area contributed by atoms with Crippen molar-refractivity contribution in [1.82, 2.24) is 15.6 Å². The van der Waals surface area contributed by atoms with Gasteiger partial charge in [0.15, 0.2) is 5.69 Å². The molecule has 0 spiro atoms. The summed E-state index contributed by atoms with van der Waals surface area (Å²) in [5.41, 5.74) is 5.98. The molecule has 55 heavy (non-hydrogen) atoms. The van der Waals surface area contributed by atoms with E-state index >= 15 is 0 Å². The van der Waals surface area contributed by atoms with Crippen LogP contribution in [0.2, 0.25) is 0 Å². The van der Waals surface area contributed by atoms with Gasteiger partial charge < -0.3 is 30.2 Å². The highest BCUT2D eigenvalue weighted by Gasteiger charge is 2.28. The van der Waals surface area contributed by atoms with E-state index in [9.17, 15) is 19.2 Å². The lowest BCUT2D eigenvalue weighted by Crippen LogP contribution is -2.32. The van der Waals surface area contributed by atoms with Crippen LogP contribution in [-0.2, 0) is 22.4 Å². The van der Waals surface area contributed by atoms with Crippen molar-refractivity contribution in [2.24, 2.45) is 0 Å². The first-order chi connectivity index (χ1) is 26.2. The summed E-state index contributed by atoms with van der Waals surface area (Å²) in [6, 6.07) is 21.7. The van der Waals surface area contributed by atoms with Gasteiger partial charge in [-0.1, -0.05) is 42.5 Å². The molecular weight excluding hydrogens is 717 g/mol. The molecule has 0 radical (unpaired) electrons. The summed E-state index contributed by atoms with van der Waals surface area (Å²) in [6.45, 7) is 11.7. The molecule has 1 aliphatic rings. The van der Waals surface area contributed by atoms with Crippen LogP contribution in [-0.4, -0.2) is 48.2 Å². The van der Waals surface area contributed by atoms with E-state index in [4.69, 9.17) is 14.2 Å². The number of pyridine rings is 1. The molecule has 0 bridgehead atoms. The average Bonchev–Trinajstić information content (AvgIpc) is 3.55. The van der Waals surface area contributed by atoms with Crippen LogP contribution in [0.25, 0.3) is 21.6 Å². The van der Waals surface area contributed by atoms with Gasteiger partial charge in [0.05, 0.1) is 19.8 Å². The van der Waals surface area contributed by atoms with Gasteiger partial charge in [-0.3, -0.25) is 9.59 Å². The number of nitrogens with zero attached hydrogens (tertiary/aromatic N) is 1. The second kappa shape index (κ2) is 16.2. The molecule has 3 heterocycles. The van der Waals surface area contributed by atoms with Crippen LogP contribution in [0.4, 0.5) is 10.5 Å². The number of alkyl carbamates (subject to hydrolysis) is 1. The molecule has 1 unspecified atom stereocenters. The smallest absolute Gasteiger partial charge is 0.407 e. The molecule has 3 amide bonds. The average molecular weight is 761 g/mol. The third-order valence-corrected chi connectivity index (χ3v) is 10.1. The van der Waals surface area contributed by atoms with E-state index in [0.717, 1.165) is 38.3 Å². The van der Waals surface area contributed by atoms with Gasteiger partial charge >= 0.3 is 12.1 Å². The number of anilines is 1. The number of amides is 3. The van der Waals surface area contributed by atoms with Gasteiger partial charge in [-0.15, -0.1) is 11.3 Å². The van der Waals surface area contributed by atoms with Gasteiger partial charge in [0.1, 0.15) is 17.0 Å². The van der Waals surface area contributed by atoms with Crippen molar-refractivity contribution in [2.45, 2.75) is 66.2 Å². The Balaban J connectivity index is 1.38. The summed E-state index contributed by atoms with van der Waals surface area (Å²) in [5.74, 6) is -1.13. The Bertz CT molecular complexity index is 2250. The zero-order valence-corrected chi connectivity index (χ0v) is 32.7. The lowest BCUT2D eigenvalue weighted by Gasteiger charge is -2.20. The highest BCUT2D eigenvalue weighted by Crippen LogP contribution is 2.43. The van der Waals surface area contributed by atoms with E-state index in [1.807, 2.05) is 68.6 Å². The minimum absolute atomic E-state index is 0.0136. The summed E-state index contributed by atoms with van der Waals surface area (Å²) >= 11 is 1.56. The number of thiophene rings is 1. The number of hydrogen-bond donors (Lipinski definition) is 3. The quantitative estimate of drug-likeness (QED) is 0.127. The fourth-order valence-electron chi connectivity index (χ4n) is 6.50. The van der Waals surface area contributed by atoms with E-state index in [-0.39, 0.29) is 29.5 Å². The number of aromatic nitrogens is 1. The number of rotatable bonds is 9. The largest absolute Gasteiger partial charge is 0.493 e. The molecular formula is C43H44N4O7S. The van der Waals surface area contributed by atoms with Gasteiger partial charge in [0, 0.05) is 45.8 Å². The van der Waals surface area contributed by atoms with Gasteiger partial charge in [-0.05, 0) is 105 Å². The van der Waals surface area contributed by atoms with E-state index in [2.05, 4.69) is 27.0 Å². The topological polar surface area (TPSA) is 145 Å². The number of carbonyl (C=O) groups is 4. The van der Waals surface area contributed by atoms with Gasteiger partial charge in [-0.2, -0.15) is 0 Å². The highest BCUT2D eigenvalue weighted by atomic mass is 32.1. The zero-order valence-electron chi connectivity index (χ0n) is 31.9. The van der Waals surface area contributed by atoms with Crippen LogP contribution in [0.3, 0.4) is 0 Å². The van der Waals surface area contributed by atoms with Crippen LogP contribution < -0.4 is 20.7 Å². The molecule has 11 nitrogen and oxygen atoms in total. The highest BCUT2D eigenvalue weighted by molar-refractivity contribution is 7.13. The number of fused-ring (bicyclic) bond motifs is 3. The minimum Gasteiger partial charge on any atom is -0.493 e. The summed E-state index contributed by atoms with van der Waals surface area (Å²) in [5, 5.41) is 10.8. The van der Waals surface area contributed by atoms with Gasteiger partial charge in [-0.25, -0.2) is 14.6 Å². The molecule has 6 rings (SSSR count). The van der Waals surface area contributed by atoms with Gasteiger partial charge in [0.2, 0.25) is 0 Å². The first kappa shape index (κ1) is 38.7. The summed E-state index contributed by atoms with van der Waals surface area (Å²) < 4.78 is 16.8. The van der Waals surface area contributed by atoms with E-state index < -0.39 is 29.5 Å². The predicted octanol–water partition coefficient (Wildman–Crippen LogP) is 8.58. The molecule has 2 aromatic heterocycles. The SMILES string of the molecule is COC(=O)c1nc(C(=O)NC(C)c2ccccc2)ccc1-c1cc2c(cc1C(=O)Nc1c(C)cc(CNC(=O)OC(C)(C)C)cc1C)-c1sccc1CCO2. The van der Waals surface area contributed by atoms with Crippen molar-refractivity contribution >= 4 is 40.9 Å². The first-order valence-corrected chi connectivity index (χ1v) is 18.8. The molecule has 0 aliphatic carbocycles. The van der Waals surface area contributed by atoms with Crippen molar-refractivity contribution in [3.8, 4) is 27.3 Å². The fraction of sp³-hybridized carbons (Fsp3) is 0.279. The number of benzene rings is 3. The van der Waals surface area contributed by atoms with Crippen LogP contribution in [0.15, 0.2) is 78.2 Å². The number of esters is 1. The van der Waals surface area contributed by atoms with Gasteiger partial charge in [0.25, 0.3) is 11.8 Å². The Morgan fingerprint density at radius 2 is 1.64 bits per heavy atom. The lowest BCUT2D eigenvalue weighted by atomic mass is 9.93. The lowest BCUT2D eigenvalue weighted by molar-refractivity contribution is 0.0521. The third kappa shape index (κ3) is 8.87. The molecule has 3 aromatic carbocycles. The molecule has 12 heteroatoms. The maximum absolute atomic E-state index is 14.5. The number of nitrogens with one attached hydrogen (secondary N) is 3. The molecule has 0 saturated carbocycles. The summed E-state index contributed by atoms with van der Waals surface area (Å²) in [6.07, 6.45) is 0.169. The Hall–Kier alpha value is -6.01. The fourth-order valence-corrected chi connectivity index (χ4v) is 7.48. The maximum Gasteiger partial charge on any atom is 0.407 e. The van der Waals surface area contributed by atoms with E-state index in [1.165, 1.54) is 13.2 Å². The molecule has 284 valence electrons. The van der Waals surface area contributed by atoms with E-state index in [1.54, 1.807) is 50.3 Å². The van der Waals surface area contributed by atoms with Crippen LogP contribution in [0.1, 0.15) is 92.9 Å². The van der Waals surface area contributed by atoms with Crippen molar-refractivity contribution < 1.29 is 33.4 Å². The zero-order chi connectivity index (χ0) is 39.4. The molecule has 0 fully saturated rings. The molecule has 1 aliphatic heterocycles. The third-order valence-electron chi connectivity index (χ3n) is 9.10. The van der Waals surface area contributed by atoms with Crippen molar-refractivity contribution in [1.29, 1.82) is 0 Å². The Kier molecular flexibility index (Phi) is 11.4. The number of carbonyl (C=O) groups excluding carboxylic acids is 4. The van der Waals surface area contributed by atoms with Crippen LogP contribution in [0, 0.1) is 13.8 Å².